The van der Waals surface area contributed by atoms with Gasteiger partial charge in [0.25, 0.3) is 10.0 Å². The number of hydrogen-bond acceptors (Lipinski definition) is 4. The average Bonchev–Trinajstić information content (AvgIpc) is 2.96. The van der Waals surface area contributed by atoms with E-state index in [4.69, 9.17) is 0 Å². The van der Waals surface area contributed by atoms with Gasteiger partial charge in [-0.1, -0.05) is 32.0 Å². The maximum Gasteiger partial charge on any atom is 0.261 e. The molecule has 2 N–H and O–H groups in total. The Hall–Kier alpha value is -2.41. The lowest BCUT2D eigenvalue weighted by molar-refractivity contribution is 0.601. The highest BCUT2D eigenvalue weighted by Gasteiger charge is 2.16. The van der Waals surface area contributed by atoms with E-state index in [1.54, 1.807) is 30.3 Å². The van der Waals surface area contributed by atoms with Crippen molar-refractivity contribution in [1.82, 2.24) is 15.4 Å². The second kappa shape index (κ2) is 5.42. The van der Waals surface area contributed by atoms with Crippen molar-refractivity contribution in [2.45, 2.75) is 24.7 Å². The van der Waals surface area contributed by atoms with E-state index in [0.717, 1.165) is 5.56 Å². The Kier molecular flexibility index (Phi) is 3.58. The third-order valence-electron chi connectivity index (χ3n) is 3.45. The van der Waals surface area contributed by atoms with Crippen LogP contribution in [0.5, 0.6) is 0 Å². The van der Waals surface area contributed by atoms with Crippen molar-refractivity contribution >= 4 is 26.7 Å². The standard InChI is InChI=1S/C15H16N4O2S/c1-10(2)11-6-8-12(9-7-11)22(20,21)18-14-5-3-4-13-15(14)17-19-16-13/h3-10,18H,1-2H3,(H,16,17,19). The Morgan fingerprint density at radius 1 is 1.05 bits per heavy atom. The fourth-order valence-electron chi connectivity index (χ4n) is 2.19. The SMILES string of the molecule is CC(C)c1ccc(S(=O)(=O)Nc2cccc3n[nH]nc23)cc1. The number of fused-ring (bicyclic) bond motifs is 1. The molecule has 0 spiro atoms. The summed E-state index contributed by atoms with van der Waals surface area (Å²) in [5, 5.41) is 10.4. The lowest BCUT2D eigenvalue weighted by Crippen LogP contribution is -2.13. The summed E-state index contributed by atoms with van der Waals surface area (Å²) in [6.45, 7) is 4.13. The van der Waals surface area contributed by atoms with Crippen molar-refractivity contribution < 1.29 is 8.42 Å². The number of nitrogens with one attached hydrogen (secondary N) is 2. The number of aromatic amines is 1. The van der Waals surface area contributed by atoms with Crippen molar-refractivity contribution in [3.8, 4) is 0 Å². The number of benzene rings is 2. The minimum atomic E-state index is -3.66. The molecule has 0 amide bonds. The summed E-state index contributed by atoms with van der Waals surface area (Å²) in [6, 6.07) is 12.0. The molecule has 3 aromatic rings. The van der Waals surface area contributed by atoms with E-state index in [1.807, 2.05) is 12.1 Å². The number of para-hydroxylation sites is 1. The predicted octanol–water partition coefficient (Wildman–Crippen LogP) is 2.88. The highest BCUT2D eigenvalue weighted by Crippen LogP contribution is 2.23. The van der Waals surface area contributed by atoms with Crippen LogP contribution in [-0.4, -0.2) is 23.8 Å². The molecule has 0 bridgehead atoms. The molecule has 0 fully saturated rings. The van der Waals surface area contributed by atoms with Gasteiger partial charge in [0.05, 0.1) is 10.6 Å². The van der Waals surface area contributed by atoms with Crippen LogP contribution in [-0.2, 0) is 10.0 Å². The molecule has 0 aliphatic carbocycles. The normalized spacial score (nSPS) is 12.0. The largest absolute Gasteiger partial charge is 0.277 e. The minimum Gasteiger partial charge on any atom is -0.277 e. The lowest BCUT2D eigenvalue weighted by atomic mass is 10.0. The van der Waals surface area contributed by atoms with E-state index < -0.39 is 10.0 Å². The van der Waals surface area contributed by atoms with Gasteiger partial charge in [0.1, 0.15) is 11.0 Å². The average molecular weight is 316 g/mol. The molecule has 22 heavy (non-hydrogen) atoms. The molecule has 7 heteroatoms. The monoisotopic (exact) mass is 316 g/mol. The number of hydrogen-bond donors (Lipinski definition) is 2. The van der Waals surface area contributed by atoms with Crippen LogP contribution in [0.3, 0.4) is 0 Å². The van der Waals surface area contributed by atoms with Gasteiger partial charge in [0, 0.05) is 0 Å². The van der Waals surface area contributed by atoms with E-state index in [-0.39, 0.29) is 4.90 Å². The number of aromatic nitrogens is 3. The Labute approximate surface area is 128 Å². The smallest absolute Gasteiger partial charge is 0.261 e. The van der Waals surface area contributed by atoms with Crippen molar-refractivity contribution in [2.24, 2.45) is 0 Å². The molecule has 1 aromatic heterocycles. The van der Waals surface area contributed by atoms with Gasteiger partial charge < -0.3 is 0 Å². The van der Waals surface area contributed by atoms with Crippen molar-refractivity contribution in [2.75, 3.05) is 4.72 Å². The molecule has 0 aliphatic heterocycles. The Bertz CT molecular complexity index is 899. The fraction of sp³-hybridized carbons (Fsp3) is 0.200. The van der Waals surface area contributed by atoms with Crippen LogP contribution < -0.4 is 4.72 Å². The van der Waals surface area contributed by atoms with Crippen molar-refractivity contribution in [3.05, 3.63) is 48.0 Å². The lowest BCUT2D eigenvalue weighted by Gasteiger charge is -2.10. The Morgan fingerprint density at radius 3 is 2.45 bits per heavy atom. The number of sulfonamides is 1. The molecule has 0 radical (unpaired) electrons. The molecule has 0 atom stereocenters. The second-order valence-corrected chi connectivity index (χ2v) is 7.01. The van der Waals surface area contributed by atoms with E-state index in [0.29, 0.717) is 22.6 Å². The molecule has 6 nitrogen and oxygen atoms in total. The van der Waals surface area contributed by atoms with Crippen LogP contribution in [0.2, 0.25) is 0 Å². The summed E-state index contributed by atoms with van der Waals surface area (Å²) >= 11 is 0. The number of rotatable bonds is 4. The summed E-state index contributed by atoms with van der Waals surface area (Å²) < 4.78 is 27.5. The number of H-pyrrole nitrogens is 1. The molecule has 0 saturated heterocycles. The molecule has 3 rings (SSSR count). The van der Waals surface area contributed by atoms with E-state index in [2.05, 4.69) is 34.0 Å². The zero-order valence-corrected chi connectivity index (χ0v) is 13.1. The maximum atomic E-state index is 12.5. The molecular weight excluding hydrogens is 300 g/mol. The van der Waals surface area contributed by atoms with Crippen LogP contribution >= 0.6 is 0 Å². The number of nitrogens with zero attached hydrogens (tertiary/aromatic N) is 2. The van der Waals surface area contributed by atoms with Crippen LogP contribution in [0.25, 0.3) is 11.0 Å². The quantitative estimate of drug-likeness (QED) is 0.774. The van der Waals surface area contributed by atoms with Crippen LogP contribution in [0.4, 0.5) is 5.69 Å². The first-order valence-electron chi connectivity index (χ1n) is 6.89. The number of anilines is 1. The van der Waals surface area contributed by atoms with Gasteiger partial charge in [-0.2, -0.15) is 15.4 Å². The molecule has 0 unspecified atom stereocenters. The molecular formula is C15H16N4O2S. The van der Waals surface area contributed by atoms with Gasteiger partial charge in [-0.05, 0) is 35.7 Å². The topological polar surface area (TPSA) is 87.7 Å². The first-order valence-corrected chi connectivity index (χ1v) is 8.38. The maximum absolute atomic E-state index is 12.5. The van der Waals surface area contributed by atoms with Gasteiger partial charge in [-0.15, -0.1) is 0 Å². The first-order chi connectivity index (χ1) is 10.5. The Morgan fingerprint density at radius 2 is 1.77 bits per heavy atom. The van der Waals surface area contributed by atoms with Crippen LogP contribution in [0, 0.1) is 0 Å². The van der Waals surface area contributed by atoms with Crippen LogP contribution in [0.15, 0.2) is 47.4 Å². The van der Waals surface area contributed by atoms with Crippen molar-refractivity contribution in [1.29, 1.82) is 0 Å². The highest BCUT2D eigenvalue weighted by molar-refractivity contribution is 7.92. The zero-order chi connectivity index (χ0) is 15.7. The van der Waals surface area contributed by atoms with Gasteiger partial charge in [-0.3, -0.25) is 4.72 Å². The summed E-state index contributed by atoms with van der Waals surface area (Å²) in [4.78, 5) is 0.220. The summed E-state index contributed by atoms with van der Waals surface area (Å²) in [5.41, 5.74) is 2.59. The summed E-state index contributed by atoms with van der Waals surface area (Å²) in [6.07, 6.45) is 0. The zero-order valence-electron chi connectivity index (χ0n) is 12.2. The van der Waals surface area contributed by atoms with E-state index in [1.165, 1.54) is 0 Å². The summed E-state index contributed by atoms with van der Waals surface area (Å²) in [7, 11) is -3.66. The van der Waals surface area contributed by atoms with Gasteiger partial charge in [0.2, 0.25) is 0 Å². The minimum absolute atomic E-state index is 0.220. The second-order valence-electron chi connectivity index (χ2n) is 5.33. The molecule has 1 heterocycles. The molecule has 114 valence electrons. The van der Waals surface area contributed by atoms with Gasteiger partial charge in [0.15, 0.2) is 0 Å². The summed E-state index contributed by atoms with van der Waals surface area (Å²) in [5.74, 6) is 0.355. The van der Waals surface area contributed by atoms with Gasteiger partial charge in [-0.25, -0.2) is 8.42 Å². The molecule has 2 aromatic carbocycles. The Balaban J connectivity index is 1.95. The molecule has 0 aliphatic rings. The van der Waals surface area contributed by atoms with Crippen molar-refractivity contribution in [3.63, 3.8) is 0 Å². The van der Waals surface area contributed by atoms with Crippen LogP contribution in [0.1, 0.15) is 25.3 Å². The third-order valence-corrected chi connectivity index (χ3v) is 4.83. The predicted molar refractivity (Wildman–Crippen MR) is 85.2 cm³/mol. The van der Waals surface area contributed by atoms with Gasteiger partial charge >= 0.3 is 0 Å². The van der Waals surface area contributed by atoms with E-state index in [9.17, 15) is 8.42 Å². The fourth-order valence-corrected chi connectivity index (χ4v) is 3.25. The first kappa shape index (κ1) is 14.5. The highest BCUT2D eigenvalue weighted by atomic mass is 32.2. The molecule has 0 saturated carbocycles. The third kappa shape index (κ3) is 2.67. The van der Waals surface area contributed by atoms with E-state index >= 15 is 0 Å².